The number of halogens is 1. The van der Waals surface area contributed by atoms with Crippen molar-refractivity contribution in [2.45, 2.75) is 78.1 Å². The zero-order chi connectivity index (χ0) is 29.3. The van der Waals surface area contributed by atoms with Crippen molar-refractivity contribution in [1.29, 1.82) is 0 Å². The van der Waals surface area contributed by atoms with E-state index >= 15 is 0 Å². The summed E-state index contributed by atoms with van der Waals surface area (Å²) in [4.78, 5) is 25.5. The fourth-order valence-corrected chi connectivity index (χ4v) is 4.77. The van der Waals surface area contributed by atoms with Crippen LogP contribution in [-0.2, 0) is 0 Å². The number of carbonyl (C=O) groups excluding carboxylic acids is 2. The molecule has 0 aliphatic rings. The summed E-state index contributed by atoms with van der Waals surface area (Å²) in [7, 11) is 0. The summed E-state index contributed by atoms with van der Waals surface area (Å²) >= 11 is 3.51. The molecule has 0 bridgehead atoms. The van der Waals surface area contributed by atoms with Gasteiger partial charge in [0, 0.05) is 21.3 Å². The van der Waals surface area contributed by atoms with E-state index in [1.54, 1.807) is 42.5 Å². The Morgan fingerprint density at radius 1 is 0.610 bits per heavy atom. The molecule has 0 atom stereocenters. The van der Waals surface area contributed by atoms with E-state index in [0.29, 0.717) is 40.2 Å². The smallest absolute Gasteiger partial charge is 0.255 e. The monoisotopic (exact) mass is 622 g/mol. The van der Waals surface area contributed by atoms with E-state index in [1.165, 1.54) is 51.4 Å². The van der Waals surface area contributed by atoms with Gasteiger partial charge in [-0.1, -0.05) is 65.2 Å². The molecular weight excluding hydrogens is 580 g/mol. The quantitative estimate of drug-likeness (QED) is 0.138. The molecule has 0 spiro atoms. The van der Waals surface area contributed by atoms with Gasteiger partial charge >= 0.3 is 0 Å². The standard InChI is InChI=1S/C34H43BrN2O4/c1-3-5-7-9-11-23-40-29-18-13-26(14-19-29)33(38)36-28-17-22-32(31(35)25-28)37-34(39)27-15-20-30(21-16-27)41-24-12-10-8-6-4-2/h13-22,25H,3-12,23-24H2,1-2H3,(H,36,38)(H,37,39). The molecule has 6 nitrogen and oxygen atoms in total. The Kier molecular flexibility index (Phi) is 14.3. The zero-order valence-corrected chi connectivity index (χ0v) is 25.9. The first-order valence-corrected chi connectivity index (χ1v) is 15.7. The summed E-state index contributed by atoms with van der Waals surface area (Å²) in [6.07, 6.45) is 11.9. The lowest BCUT2D eigenvalue weighted by Crippen LogP contribution is -2.14. The van der Waals surface area contributed by atoms with E-state index in [1.807, 2.05) is 24.3 Å². The molecule has 0 saturated carbocycles. The maximum atomic E-state index is 12.8. The highest BCUT2D eigenvalue weighted by molar-refractivity contribution is 9.10. The van der Waals surface area contributed by atoms with E-state index in [-0.39, 0.29) is 11.8 Å². The van der Waals surface area contributed by atoms with Gasteiger partial charge in [0.1, 0.15) is 11.5 Å². The van der Waals surface area contributed by atoms with Gasteiger partial charge in [-0.05, 0) is 95.5 Å². The normalized spacial score (nSPS) is 10.7. The number of hydrogen-bond acceptors (Lipinski definition) is 4. The van der Waals surface area contributed by atoms with Crippen molar-refractivity contribution in [1.82, 2.24) is 0 Å². The van der Waals surface area contributed by atoms with Crippen molar-refractivity contribution in [3.05, 3.63) is 82.3 Å². The van der Waals surface area contributed by atoms with Crippen molar-refractivity contribution < 1.29 is 19.1 Å². The number of anilines is 2. The molecule has 0 aliphatic carbocycles. The van der Waals surface area contributed by atoms with Crippen LogP contribution in [-0.4, -0.2) is 25.0 Å². The maximum absolute atomic E-state index is 12.8. The van der Waals surface area contributed by atoms with Gasteiger partial charge in [-0.15, -0.1) is 0 Å². The number of benzene rings is 3. The van der Waals surface area contributed by atoms with Gasteiger partial charge in [0.15, 0.2) is 0 Å². The van der Waals surface area contributed by atoms with Crippen LogP contribution in [0.4, 0.5) is 11.4 Å². The van der Waals surface area contributed by atoms with E-state index < -0.39 is 0 Å². The molecule has 0 aliphatic heterocycles. The first-order valence-electron chi connectivity index (χ1n) is 14.9. The van der Waals surface area contributed by atoms with Crippen LogP contribution in [0.5, 0.6) is 11.5 Å². The molecule has 0 aromatic heterocycles. The zero-order valence-electron chi connectivity index (χ0n) is 24.3. The summed E-state index contributed by atoms with van der Waals surface area (Å²) in [6.45, 7) is 5.78. The molecule has 0 unspecified atom stereocenters. The van der Waals surface area contributed by atoms with Crippen LogP contribution in [0.2, 0.25) is 0 Å². The molecule has 3 rings (SSSR count). The number of hydrogen-bond donors (Lipinski definition) is 2. The van der Waals surface area contributed by atoms with Crippen LogP contribution >= 0.6 is 15.9 Å². The lowest BCUT2D eigenvalue weighted by atomic mass is 10.1. The Labute approximate surface area is 253 Å². The summed E-state index contributed by atoms with van der Waals surface area (Å²) in [5.41, 5.74) is 2.30. The van der Waals surface area contributed by atoms with E-state index in [4.69, 9.17) is 9.47 Å². The molecule has 3 aromatic rings. The third-order valence-corrected chi connectivity index (χ3v) is 7.40. The number of unbranched alkanes of at least 4 members (excludes halogenated alkanes) is 8. The number of nitrogens with one attached hydrogen (secondary N) is 2. The highest BCUT2D eigenvalue weighted by Gasteiger charge is 2.11. The molecule has 3 aromatic carbocycles. The fraction of sp³-hybridized carbons (Fsp3) is 0.412. The largest absolute Gasteiger partial charge is 0.494 e. The second-order valence-corrected chi connectivity index (χ2v) is 11.0. The van der Waals surface area contributed by atoms with Crippen LogP contribution in [0.15, 0.2) is 71.2 Å². The molecule has 0 saturated heterocycles. The second kappa shape index (κ2) is 18.2. The van der Waals surface area contributed by atoms with Crippen molar-refractivity contribution in [3.8, 4) is 11.5 Å². The highest BCUT2D eigenvalue weighted by atomic mass is 79.9. The van der Waals surface area contributed by atoms with E-state index in [0.717, 1.165) is 24.3 Å². The first kappa shape index (κ1) is 32.2. The Balaban J connectivity index is 1.45. The minimum Gasteiger partial charge on any atom is -0.494 e. The van der Waals surface area contributed by atoms with Crippen molar-refractivity contribution in [2.75, 3.05) is 23.8 Å². The van der Waals surface area contributed by atoms with E-state index in [2.05, 4.69) is 40.4 Å². The SMILES string of the molecule is CCCCCCCOc1ccc(C(=O)Nc2ccc(NC(=O)c3ccc(OCCCCCCC)cc3)c(Br)c2)cc1. The van der Waals surface area contributed by atoms with Gasteiger partial charge in [-0.2, -0.15) is 0 Å². The van der Waals surface area contributed by atoms with Crippen LogP contribution < -0.4 is 20.1 Å². The van der Waals surface area contributed by atoms with Crippen LogP contribution in [0.25, 0.3) is 0 Å². The predicted octanol–water partition coefficient (Wildman–Crippen LogP) is 9.65. The molecule has 0 heterocycles. The fourth-order valence-electron chi connectivity index (χ4n) is 4.29. The Morgan fingerprint density at radius 2 is 1.07 bits per heavy atom. The van der Waals surface area contributed by atoms with Gasteiger partial charge < -0.3 is 20.1 Å². The van der Waals surface area contributed by atoms with Crippen molar-refractivity contribution in [3.63, 3.8) is 0 Å². The summed E-state index contributed by atoms with van der Waals surface area (Å²) in [5, 5.41) is 5.82. The van der Waals surface area contributed by atoms with Gasteiger partial charge in [-0.25, -0.2) is 0 Å². The van der Waals surface area contributed by atoms with Gasteiger partial charge in [0.2, 0.25) is 0 Å². The second-order valence-electron chi connectivity index (χ2n) is 10.2. The minimum absolute atomic E-state index is 0.219. The third kappa shape index (κ3) is 11.6. The number of ether oxygens (including phenoxy) is 2. The molecule has 0 fully saturated rings. The minimum atomic E-state index is -0.225. The van der Waals surface area contributed by atoms with E-state index in [9.17, 15) is 9.59 Å². The summed E-state index contributed by atoms with van der Waals surface area (Å²) in [6, 6.07) is 19.6. The molecule has 220 valence electrons. The average Bonchev–Trinajstić information content (AvgIpc) is 2.98. The molecule has 2 N–H and O–H groups in total. The molecule has 0 radical (unpaired) electrons. The van der Waals surface area contributed by atoms with Gasteiger partial charge in [-0.3, -0.25) is 9.59 Å². The summed E-state index contributed by atoms with van der Waals surface area (Å²) < 4.78 is 12.2. The Bertz CT molecular complexity index is 1210. The highest BCUT2D eigenvalue weighted by Crippen LogP contribution is 2.27. The molecule has 2 amide bonds. The average molecular weight is 624 g/mol. The first-order chi connectivity index (χ1) is 20.0. The number of amides is 2. The van der Waals surface area contributed by atoms with Crippen LogP contribution in [0.1, 0.15) is 98.8 Å². The van der Waals surface area contributed by atoms with Crippen LogP contribution in [0.3, 0.4) is 0 Å². The Hall–Kier alpha value is -3.32. The number of rotatable bonds is 18. The number of carbonyl (C=O) groups is 2. The third-order valence-electron chi connectivity index (χ3n) is 6.74. The van der Waals surface area contributed by atoms with Crippen molar-refractivity contribution >= 4 is 39.1 Å². The van der Waals surface area contributed by atoms with Crippen LogP contribution in [0, 0.1) is 0 Å². The molecular formula is C34H43BrN2O4. The predicted molar refractivity (Wildman–Crippen MR) is 171 cm³/mol. The lowest BCUT2D eigenvalue weighted by Gasteiger charge is -2.11. The maximum Gasteiger partial charge on any atom is 0.255 e. The lowest BCUT2D eigenvalue weighted by molar-refractivity contribution is 0.101. The Morgan fingerprint density at radius 3 is 1.54 bits per heavy atom. The molecule has 7 heteroatoms. The van der Waals surface area contributed by atoms with Gasteiger partial charge in [0.05, 0.1) is 18.9 Å². The van der Waals surface area contributed by atoms with Gasteiger partial charge in [0.25, 0.3) is 11.8 Å². The summed E-state index contributed by atoms with van der Waals surface area (Å²) in [5.74, 6) is 1.08. The molecule has 41 heavy (non-hydrogen) atoms. The topological polar surface area (TPSA) is 76.7 Å². The van der Waals surface area contributed by atoms with Crippen molar-refractivity contribution in [2.24, 2.45) is 0 Å².